The van der Waals surface area contributed by atoms with Crippen LogP contribution in [0.15, 0.2) is 6.20 Å². The molecular formula is C10H15N5O4. The van der Waals surface area contributed by atoms with E-state index in [1.807, 2.05) is 0 Å². The Morgan fingerprint density at radius 1 is 1.47 bits per heavy atom. The van der Waals surface area contributed by atoms with Gasteiger partial charge in [0.15, 0.2) is 5.69 Å². The lowest BCUT2D eigenvalue weighted by Gasteiger charge is -2.17. The van der Waals surface area contributed by atoms with Crippen molar-refractivity contribution in [2.45, 2.75) is 26.4 Å². The topological polar surface area (TPSA) is 140 Å². The van der Waals surface area contributed by atoms with Crippen LogP contribution in [0, 0.1) is 5.92 Å². The molecule has 104 valence electrons. The second-order valence-electron chi connectivity index (χ2n) is 4.29. The highest BCUT2D eigenvalue weighted by molar-refractivity contribution is 5.95. The molecule has 1 atom stereocenters. The van der Waals surface area contributed by atoms with E-state index < -0.39 is 30.4 Å². The zero-order valence-electron chi connectivity index (χ0n) is 10.5. The SMILES string of the molecule is CC(C)C(NC(=O)c1cn(CC(=O)O)nn1)C(N)=O. The van der Waals surface area contributed by atoms with Crippen LogP contribution >= 0.6 is 0 Å². The van der Waals surface area contributed by atoms with Crippen LogP contribution < -0.4 is 11.1 Å². The minimum Gasteiger partial charge on any atom is -0.480 e. The van der Waals surface area contributed by atoms with Gasteiger partial charge in [-0.2, -0.15) is 0 Å². The first-order valence-corrected chi connectivity index (χ1v) is 5.53. The van der Waals surface area contributed by atoms with E-state index in [9.17, 15) is 14.4 Å². The minimum absolute atomic E-state index is 0.0758. The number of nitrogens with two attached hydrogens (primary N) is 1. The average molecular weight is 269 g/mol. The van der Waals surface area contributed by atoms with Gasteiger partial charge in [0.25, 0.3) is 5.91 Å². The van der Waals surface area contributed by atoms with Crippen molar-refractivity contribution >= 4 is 17.8 Å². The predicted molar refractivity (Wildman–Crippen MR) is 62.9 cm³/mol. The second-order valence-corrected chi connectivity index (χ2v) is 4.29. The number of aliphatic carboxylic acids is 1. The number of amides is 2. The molecule has 0 aliphatic rings. The van der Waals surface area contributed by atoms with E-state index in [4.69, 9.17) is 10.8 Å². The van der Waals surface area contributed by atoms with Gasteiger partial charge in [0, 0.05) is 0 Å². The summed E-state index contributed by atoms with van der Waals surface area (Å²) in [6.07, 6.45) is 1.18. The number of rotatable bonds is 6. The van der Waals surface area contributed by atoms with E-state index in [0.29, 0.717) is 0 Å². The molecule has 19 heavy (non-hydrogen) atoms. The molecule has 0 aromatic carbocycles. The molecule has 0 aliphatic heterocycles. The summed E-state index contributed by atoms with van der Waals surface area (Å²) < 4.78 is 1.01. The highest BCUT2D eigenvalue weighted by atomic mass is 16.4. The summed E-state index contributed by atoms with van der Waals surface area (Å²) >= 11 is 0. The maximum absolute atomic E-state index is 11.8. The minimum atomic E-state index is -1.10. The van der Waals surface area contributed by atoms with Gasteiger partial charge in [-0.05, 0) is 5.92 Å². The third-order valence-electron chi connectivity index (χ3n) is 2.33. The van der Waals surface area contributed by atoms with Gasteiger partial charge in [0.2, 0.25) is 5.91 Å². The molecule has 9 heteroatoms. The van der Waals surface area contributed by atoms with Crippen LogP contribution in [-0.4, -0.2) is 43.9 Å². The van der Waals surface area contributed by atoms with E-state index in [2.05, 4.69) is 15.6 Å². The van der Waals surface area contributed by atoms with Crippen molar-refractivity contribution < 1.29 is 19.5 Å². The zero-order valence-corrected chi connectivity index (χ0v) is 10.5. The first-order valence-electron chi connectivity index (χ1n) is 5.53. The largest absolute Gasteiger partial charge is 0.480 e. The standard InChI is InChI=1S/C10H15N5O4/c1-5(2)8(9(11)18)12-10(19)6-3-15(14-13-6)4-7(16)17/h3,5,8H,4H2,1-2H3,(H2,11,18)(H,12,19)(H,16,17). The summed E-state index contributed by atoms with van der Waals surface area (Å²) in [7, 11) is 0. The molecule has 1 heterocycles. The Bertz CT molecular complexity index is 496. The molecule has 0 aliphatic carbocycles. The van der Waals surface area contributed by atoms with Gasteiger partial charge < -0.3 is 16.2 Å². The fraction of sp³-hybridized carbons (Fsp3) is 0.500. The summed E-state index contributed by atoms with van der Waals surface area (Å²) in [5.74, 6) is -2.56. The van der Waals surface area contributed by atoms with Crippen LogP contribution in [0.2, 0.25) is 0 Å². The number of aromatic nitrogens is 3. The van der Waals surface area contributed by atoms with Crippen molar-refractivity contribution in [2.24, 2.45) is 11.7 Å². The molecule has 0 bridgehead atoms. The molecule has 0 radical (unpaired) electrons. The molecule has 1 aromatic rings. The van der Waals surface area contributed by atoms with Gasteiger partial charge in [-0.25, -0.2) is 4.68 Å². The maximum Gasteiger partial charge on any atom is 0.325 e. The predicted octanol–water partition coefficient (Wildman–Crippen LogP) is -1.40. The number of nitrogens with zero attached hydrogens (tertiary/aromatic N) is 3. The summed E-state index contributed by atoms with van der Waals surface area (Å²) in [4.78, 5) is 33.4. The number of carboxylic acid groups (broad SMARTS) is 1. The third kappa shape index (κ3) is 4.05. The molecule has 1 unspecified atom stereocenters. The quantitative estimate of drug-likeness (QED) is 0.580. The number of carbonyl (C=O) groups is 3. The molecule has 2 amide bonds. The maximum atomic E-state index is 11.8. The van der Waals surface area contributed by atoms with Crippen molar-refractivity contribution in [2.75, 3.05) is 0 Å². The first kappa shape index (κ1) is 14.6. The van der Waals surface area contributed by atoms with E-state index in [1.165, 1.54) is 6.20 Å². The Kier molecular flexibility index (Phi) is 4.56. The summed E-state index contributed by atoms with van der Waals surface area (Å²) in [6, 6.07) is -0.822. The molecule has 0 fully saturated rings. The highest BCUT2D eigenvalue weighted by Gasteiger charge is 2.23. The Morgan fingerprint density at radius 2 is 2.11 bits per heavy atom. The Hall–Kier alpha value is -2.45. The highest BCUT2D eigenvalue weighted by Crippen LogP contribution is 2.02. The fourth-order valence-electron chi connectivity index (χ4n) is 1.40. The monoisotopic (exact) mass is 269 g/mol. The molecule has 0 saturated heterocycles. The summed E-state index contributed by atoms with van der Waals surface area (Å²) in [6.45, 7) is 3.07. The number of carbonyl (C=O) groups excluding carboxylic acids is 2. The van der Waals surface area contributed by atoms with Crippen LogP contribution in [0.3, 0.4) is 0 Å². The molecule has 0 saturated carbocycles. The molecular weight excluding hydrogens is 254 g/mol. The molecule has 0 spiro atoms. The van der Waals surface area contributed by atoms with E-state index >= 15 is 0 Å². The number of carboxylic acids is 1. The third-order valence-corrected chi connectivity index (χ3v) is 2.33. The van der Waals surface area contributed by atoms with E-state index in [-0.39, 0.29) is 11.6 Å². The van der Waals surface area contributed by atoms with Crippen LogP contribution in [0.1, 0.15) is 24.3 Å². The molecule has 4 N–H and O–H groups in total. The number of hydrogen-bond acceptors (Lipinski definition) is 5. The number of hydrogen-bond donors (Lipinski definition) is 3. The van der Waals surface area contributed by atoms with Gasteiger partial charge in [0.1, 0.15) is 12.6 Å². The molecule has 1 aromatic heterocycles. The Labute approximate surface area is 108 Å². The Morgan fingerprint density at radius 3 is 2.58 bits per heavy atom. The Balaban J connectivity index is 2.75. The van der Waals surface area contributed by atoms with Gasteiger partial charge >= 0.3 is 5.97 Å². The lowest BCUT2D eigenvalue weighted by Crippen LogP contribution is -2.47. The number of nitrogens with one attached hydrogen (secondary N) is 1. The fourth-order valence-corrected chi connectivity index (χ4v) is 1.40. The van der Waals surface area contributed by atoms with E-state index in [0.717, 1.165) is 4.68 Å². The van der Waals surface area contributed by atoms with Crippen molar-refractivity contribution in [1.29, 1.82) is 0 Å². The van der Waals surface area contributed by atoms with Crippen molar-refractivity contribution in [1.82, 2.24) is 20.3 Å². The van der Waals surface area contributed by atoms with Crippen molar-refractivity contribution in [3.8, 4) is 0 Å². The van der Waals surface area contributed by atoms with Crippen LogP contribution in [0.5, 0.6) is 0 Å². The normalized spacial score (nSPS) is 12.2. The van der Waals surface area contributed by atoms with Gasteiger partial charge in [0.05, 0.1) is 6.20 Å². The first-order chi connectivity index (χ1) is 8.81. The van der Waals surface area contributed by atoms with Crippen molar-refractivity contribution in [3.63, 3.8) is 0 Å². The summed E-state index contributed by atoms with van der Waals surface area (Å²) in [5.41, 5.74) is 5.09. The summed E-state index contributed by atoms with van der Waals surface area (Å²) in [5, 5.41) is 18.0. The van der Waals surface area contributed by atoms with Crippen LogP contribution in [0.25, 0.3) is 0 Å². The molecule has 1 rings (SSSR count). The second kappa shape index (κ2) is 5.94. The molecule has 9 nitrogen and oxygen atoms in total. The number of primary amides is 1. The lowest BCUT2D eigenvalue weighted by molar-refractivity contribution is -0.137. The van der Waals surface area contributed by atoms with Gasteiger partial charge in [-0.3, -0.25) is 14.4 Å². The van der Waals surface area contributed by atoms with Gasteiger partial charge in [-0.15, -0.1) is 5.10 Å². The lowest BCUT2D eigenvalue weighted by atomic mass is 10.0. The van der Waals surface area contributed by atoms with E-state index in [1.54, 1.807) is 13.8 Å². The van der Waals surface area contributed by atoms with Gasteiger partial charge in [-0.1, -0.05) is 19.1 Å². The van der Waals surface area contributed by atoms with Crippen LogP contribution in [0.4, 0.5) is 0 Å². The average Bonchev–Trinajstić information content (AvgIpc) is 2.72. The van der Waals surface area contributed by atoms with Crippen molar-refractivity contribution in [3.05, 3.63) is 11.9 Å². The van der Waals surface area contributed by atoms with Crippen LogP contribution in [-0.2, 0) is 16.1 Å². The smallest absolute Gasteiger partial charge is 0.325 e. The zero-order chi connectivity index (χ0) is 14.6.